The van der Waals surface area contributed by atoms with Crippen molar-refractivity contribution < 1.29 is 4.39 Å². The van der Waals surface area contributed by atoms with Crippen molar-refractivity contribution in [2.24, 2.45) is 5.73 Å². The van der Waals surface area contributed by atoms with Gasteiger partial charge in [-0.2, -0.15) is 0 Å². The lowest BCUT2D eigenvalue weighted by molar-refractivity contribution is 0.631. The van der Waals surface area contributed by atoms with E-state index in [1.165, 1.54) is 6.07 Å². The second-order valence-electron chi connectivity index (χ2n) is 3.69. The second kappa shape index (κ2) is 5.46. The molecule has 5 heteroatoms. The smallest absolute Gasteiger partial charge is 0.147 e. The molecule has 0 radical (unpaired) electrons. The highest BCUT2D eigenvalue weighted by Crippen LogP contribution is 2.22. The third-order valence-corrected chi connectivity index (χ3v) is 3.14. The van der Waals surface area contributed by atoms with Crippen LogP contribution in [0.4, 0.5) is 15.8 Å². The minimum atomic E-state index is -0.386. The molecule has 2 rings (SSSR count). The summed E-state index contributed by atoms with van der Waals surface area (Å²) in [5, 5.41) is 2.99. The predicted molar refractivity (Wildman–Crippen MR) is 79.7 cm³/mol. The summed E-state index contributed by atoms with van der Waals surface area (Å²) in [6, 6.07) is 12.1. The zero-order valence-corrected chi connectivity index (χ0v) is 11.7. The van der Waals surface area contributed by atoms with E-state index in [1.807, 2.05) is 24.3 Å². The first-order valence-corrected chi connectivity index (χ1v) is 6.38. The number of hydrogen-bond donors (Lipinski definition) is 2. The van der Waals surface area contributed by atoms with Crippen molar-refractivity contribution in [2.45, 2.75) is 0 Å². The van der Waals surface area contributed by atoms with E-state index in [9.17, 15) is 4.39 Å². The lowest BCUT2D eigenvalue weighted by atomic mass is 10.2. The molecule has 0 aliphatic heterocycles. The molecule has 2 aromatic rings. The van der Waals surface area contributed by atoms with E-state index in [4.69, 9.17) is 18.0 Å². The standard InChI is InChI=1S/C13H10BrFN2S/c14-9-2-4-10(5-3-9)17-12-6-1-8(13(16)18)7-11(12)15/h1-7,17H,(H2,16,18). The fourth-order valence-electron chi connectivity index (χ4n) is 1.46. The number of nitrogens with two attached hydrogens (primary N) is 1. The Morgan fingerprint density at radius 2 is 1.83 bits per heavy atom. The van der Waals surface area contributed by atoms with Gasteiger partial charge in [0, 0.05) is 15.7 Å². The lowest BCUT2D eigenvalue weighted by Gasteiger charge is -2.08. The average Bonchev–Trinajstić information content (AvgIpc) is 2.34. The number of anilines is 2. The molecule has 3 N–H and O–H groups in total. The van der Waals surface area contributed by atoms with Gasteiger partial charge in [-0.25, -0.2) is 4.39 Å². The van der Waals surface area contributed by atoms with Gasteiger partial charge in [0.05, 0.1) is 5.69 Å². The molecule has 18 heavy (non-hydrogen) atoms. The lowest BCUT2D eigenvalue weighted by Crippen LogP contribution is -2.09. The van der Waals surface area contributed by atoms with Gasteiger partial charge in [-0.15, -0.1) is 0 Å². The van der Waals surface area contributed by atoms with Gasteiger partial charge < -0.3 is 11.1 Å². The van der Waals surface area contributed by atoms with Crippen LogP contribution in [-0.4, -0.2) is 4.99 Å². The fraction of sp³-hybridized carbons (Fsp3) is 0. The third kappa shape index (κ3) is 3.05. The van der Waals surface area contributed by atoms with Gasteiger partial charge in [0.1, 0.15) is 10.8 Å². The molecular weight excluding hydrogens is 315 g/mol. The maximum atomic E-state index is 13.8. The molecule has 0 atom stereocenters. The summed E-state index contributed by atoms with van der Waals surface area (Å²) in [5.41, 5.74) is 7.15. The summed E-state index contributed by atoms with van der Waals surface area (Å²) in [6.07, 6.45) is 0. The van der Waals surface area contributed by atoms with Gasteiger partial charge in [-0.05, 0) is 42.5 Å². The van der Waals surface area contributed by atoms with Crippen molar-refractivity contribution in [1.29, 1.82) is 0 Å². The van der Waals surface area contributed by atoms with Crippen LogP contribution in [0.3, 0.4) is 0 Å². The van der Waals surface area contributed by atoms with Gasteiger partial charge >= 0.3 is 0 Å². The van der Waals surface area contributed by atoms with Crippen LogP contribution in [0.1, 0.15) is 5.56 Å². The molecule has 0 aliphatic rings. The summed E-state index contributed by atoms with van der Waals surface area (Å²) in [4.78, 5) is 0.184. The average molecular weight is 325 g/mol. The van der Waals surface area contributed by atoms with E-state index in [2.05, 4.69) is 21.2 Å². The normalized spacial score (nSPS) is 10.1. The van der Waals surface area contributed by atoms with Crippen LogP contribution in [0.15, 0.2) is 46.9 Å². The molecule has 2 aromatic carbocycles. The zero-order chi connectivity index (χ0) is 13.1. The largest absolute Gasteiger partial charge is 0.389 e. The number of halogens is 2. The Bertz CT molecular complexity index is 584. The number of nitrogens with one attached hydrogen (secondary N) is 1. The molecule has 0 spiro atoms. The Morgan fingerprint density at radius 3 is 2.39 bits per heavy atom. The Balaban J connectivity index is 2.24. The van der Waals surface area contributed by atoms with E-state index in [-0.39, 0.29) is 10.8 Å². The van der Waals surface area contributed by atoms with E-state index in [1.54, 1.807) is 12.1 Å². The molecule has 0 heterocycles. The first kappa shape index (κ1) is 13.0. The van der Waals surface area contributed by atoms with Crippen LogP contribution >= 0.6 is 28.1 Å². The predicted octanol–water partition coefficient (Wildman–Crippen LogP) is 3.97. The SMILES string of the molecule is NC(=S)c1ccc(Nc2ccc(Br)cc2)c(F)c1. The summed E-state index contributed by atoms with van der Waals surface area (Å²) in [7, 11) is 0. The third-order valence-electron chi connectivity index (χ3n) is 2.38. The van der Waals surface area contributed by atoms with Crippen molar-refractivity contribution in [3.63, 3.8) is 0 Å². The quantitative estimate of drug-likeness (QED) is 0.839. The van der Waals surface area contributed by atoms with Crippen molar-refractivity contribution >= 4 is 44.5 Å². The van der Waals surface area contributed by atoms with Crippen LogP contribution in [0.5, 0.6) is 0 Å². The number of hydrogen-bond acceptors (Lipinski definition) is 2. The van der Waals surface area contributed by atoms with E-state index < -0.39 is 0 Å². The molecule has 0 saturated carbocycles. The first-order valence-electron chi connectivity index (χ1n) is 5.18. The molecule has 92 valence electrons. The number of thiocarbonyl (C=S) groups is 1. The van der Waals surface area contributed by atoms with Gasteiger partial charge in [-0.3, -0.25) is 0 Å². The van der Waals surface area contributed by atoms with Crippen LogP contribution < -0.4 is 11.1 Å². The van der Waals surface area contributed by atoms with E-state index >= 15 is 0 Å². The van der Waals surface area contributed by atoms with Crippen LogP contribution in [-0.2, 0) is 0 Å². The first-order chi connectivity index (χ1) is 8.56. The Kier molecular flexibility index (Phi) is 3.93. The molecule has 0 saturated heterocycles. The highest BCUT2D eigenvalue weighted by Gasteiger charge is 2.05. The monoisotopic (exact) mass is 324 g/mol. The molecule has 0 amide bonds. The van der Waals surface area contributed by atoms with Crippen molar-refractivity contribution in [3.8, 4) is 0 Å². The van der Waals surface area contributed by atoms with Gasteiger partial charge in [0.25, 0.3) is 0 Å². The van der Waals surface area contributed by atoms with E-state index in [0.717, 1.165) is 10.2 Å². The molecular formula is C13H10BrFN2S. The Morgan fingerprint density at radius 1 is 1.17 bits per heavy atom. The van der Waals surface area contributed by atoms with Crippen LogP contribution in [0, 0.1) is 5.82 Å². The van der Waals surface area contributed by atoms with E-state index in [0.29, 0.717) is 11.3 Å². The number of benzene rings is 2. The zero-order valence-electron chi connectivity index (χ0n) is 9.28. The van der Waals surface area contributed by atoms with Crippen LogP contribution in [0.25, 0.3) is 0 Å². The van der Waals surface area contributed by atoms with Crippen molar-refractivity contribution in [1.82, 2.24) is 0 Å². The Hall–Kier alpha value is -1.46. The maximum absolute atomic E-state index is 13.8. The van der Waals surface area contributed by atoms with Gasteiger partial charge in [0.2, 0.25) is 0 Å². The minimum absolute atomic E-state index is 0.184. The molecule has 2 nitrogen and oxygen atoms in total. The summed E-state index contributed by atoms with van der Waals surface area (Å²) in [6.45, 7) is 0. The van der Waals surface area contributed by atoms with Gasteiger partial charge in [0.15, 0.2) is 0 Å². The topological polar surface area (TPSA) is 38.0 Å². The molecule has 0 unspecified atom stereocenters. The highest BCUT2D eigenvalue weighted by atomic mass is 79.9. The Labute approximate surface area is 118 Å². The highest BCUT2D eigenvalue weighted by molar-refractivity contribution is 9.10. The molecule has 0 aromatic heterocycles. The van der Waals surface area contributed by atoms with Crippen molar-refractivity contribution in [2.75, 3.05) is 5.32 Å². The maximum Gasteiger partial charge on any atom is 0.147 e. The molecule has 0 bridgehead atoms. The second-order valence-corrected chi connectivity index (χ2v) is 5.05. The van der Waals surface area contributed by atoms with Gasteiger partial charge in [-0.1, -0.05) is 28.1 Å². The minimum Gasteiger partial charge on any atom is -0.389 e. The van der Waals surface area contributed by atoms with Crippen molar-refractivity contribution in [3.05, 3.63) is 58.3 Å². The summed E-state index contributed by atoms with van der Waals surface area (Å²) >= 11 is 8.14. The number of rotatable bonds is 3. The molecule has 0 aliphatic carbocycles. The fourth-order valence-corrected chi connectivity index (χ4v) is 1.85. The summed E-state index contributed by atoms with van der Waals surface area (Å²) < 4.78 is 14.8. The summed E-state index contributed by atoms with van der Waals surface area (Å²) in [5.74, 6) is -0.386. The molecule has 0 fully saturated rings. The van der Waals surface area contributed by atoms with Crippen LogP contribution in [0.2, 0.25) is 0 Å².